The number of rotatable bonds is 5. The minimum absolute atomic E-state index is 0.00461. The fourth-order valence-electron chi connectivity index (χ4n) is 3.42. The molecule has 0 radical (unpaired) electrons. The number of alkyl halides is 1. The summed E-state index contributed by atoms with van der Waals surface area (Å²) in [5.74, 6) is -0.313. The molecule has 148 valence electrons. The van der Waals surface area contributed by atoms with Crippen molar-refractivity contribution in [1.29, 1.82) is 0 Å². The van der Waals surface area contributed by atoms with Crippen LogP contribution in [0.4, 0.5) is 11.4 Å². The van der Waals surface area contributed by atoms with Crippen LogP contribution in [0, 0.1) is 0 Å². The van der Waals surface area contributed by atoms with E-state index in [-0.39, 0.29) is 11.8 Å². The highest BCUT2D eigenvalue weighted by molar-refractivity contribution is 6.32. The molecule has 0 aliphatic carbocycles. The van der Waals surface area contributed by atoms with Gasteiger partial charge >= 0.3 is 0 Å². The maximum atomic E-state index is 13.1. The van der Waals surface area contributed by atoms with Crippen molar-refractivity contribution in [2.75, 3.05) is 37.4 Å². The van der Waals surface area contributed by atoms with Gasteiger partial charge in [-0.3, -0.25) is 9.59 Å². The fraction of sp³-hybridized carbons (Fsp3) is 0.364. The third-order valence-corrected chi connectivity index (χ3v) is 5.39. The normalized spacial score (nSPS) is 15.0. The highest BCUT2D eigenvalue weighted by Crippen LogP contribution is 2.27. The van der Waals surface area contributed by atoms with Gasteiger partial charge in [-0.05, 0) is 43.0 Å². The number of amides is 2. The first-order valence-corrected chi connectivity index (χ1v) is 10.0. The van der Waals surface area contributed by atoms with E-state index in [1.54, 1.807) is 12.1 Å². The molecule has 2 aromatic carbocycles. The van der Waals surface area contributed by atoms with Crippen molar-refractivity contribution in [1.82, 2.24) is 4.90 Å². The first-order chi connectivity index (χ1) is 13.5. The Bertz CT molecular complexity index is 833. The Labute approximate surface area is 171 Å². The third kappa shape index (κ3) is 4.65. The van der Waals surface area contributed by atoms with Crippen LogP contribution in [0.5, 0.6) is 0 Å². The zero-order valence-electron chi connectivity index (χ0n) is 16.3. The number of piperidine rings is 1. The summed E-state index contributed by atoms with van der Waals surface area (Å²) in [5.41, 5.74) is 2.73. The quantitative estimate of drug-likeness (QED) is 0.763. The van der Waals surface area contributed by atoms with Crippen molar-refractivity contribution in [3.05, 3.63) is 59.7 Å². The van der Waals surface area contributed by atoms with Gasteiger partial charge in [0.2, 0.25) is 5.91 Å². The molecule has 2 aromatic rings. The standard InChI is InChI=1S/C22H26ClN3O2/c1-25(2)19-12-11-17(15-18(19)22(28)26-13-7-4-8-14-26)24-21(27)20(23)16-9-5-3-6-10-16/h3,5-6,9-12,15,20H,4,7-8,13-14H2,1-2H3,(H,24,27)/t20-/m1/s1. The Morgan fingerprint density at radius 1 is 1.04 bits per heavy atom. The minimum Gasteiger partial charge on any atom is -0.377 e. The van der Waals surface area contributed by atoms with E-state index in [0.29, 0.717) is 11.3 Å². The van der Waals surface area contributed by atoms with Crippen LogP contribution in [0.25, 0.3) is 0 Å². The summed E-state index contributed by atoms with van der Waals surface area (Å²) in [7, 11) is 3.82. The van der Waals surface area contributed by atoms with Crippen LogP contribution < -0.4 is 10.2 Å². The SMILES string of the molecule is CN(C)c1ccc(NC(=O)[C@H](Cl)c2ccccc2)cc1C(=O)N1CCCCC1. The molecule has 1 fully saturated rings. The van der Waals surface area contributed by atoms with Gasteiger partial charge in [-0.1, -0.05) is 30.3 Å². The molecule has 1 heterocycles. The summed E-state index contributed by atoms with van der Waals surface area (Å²) in [4.78, 5) is 29.5. The van der Waals surface area contributed by atoms with E-state index in [2.05, 4.69) is 5.32 Å². The van der Waals surface area contributed by atoms with Crippen molar-refractivity contribution in [3.8, 4) is 0 Å². The van der Waals surface area contributed by atoms with Crippen LogP contribution in [-0.2, 0) is 4.79 Å². The van der Waals surface area contributed by atoms with E-state index in [1.165, 1.54) is 0 Å². The topological polar surface area (TPSA) is 52.7 Å². The second kappa shape index (κ2) is 9.11. The second-order valence-corrected chi connectivity index (χ2v) is 7.68. The number of carbonyl (C=O) groups excluding carboxylic acids is 2. The lowest BCUT2D eigenvalue weighted by Crippen LogP contribution is -2.36. The van der Waals surface area contributed by atoms with Crippen LogP contribution in [0.15, 0.2) is 48.5 Å². The van der Waals surface area contributed by atoms with Gasteiger partial charge in [-0.15, -0.1) is 11.6 Å². The maximum absolute atomic E-state index is 13.1. The largest absolute Gasteiger partial charge is 0.377 e. The molecule has 2 amide bonds. The Morgan fingerprint density at radius 3 is 2.36 bits per heavy atom. The number of likely N-dealkylation sites (tertiary alicyclic amines) is 1. The summed E-state index contributed by atoms with van der Waals surface area (Å²) >= 11 is 6.32. The van der Waals surface area contributed by atoms with Crippen LogP contribution in [0.3, 0.4) is 0 Å². The lowest BCUT2D eigenvalue weighted by atomic mass is 10.1. The first-order valence-electron chi connectivity index (χ1n) is 9.58. The molecular formula is C22H26ClN3O2. The number of hydrogen-bond donors (Lipinski definition) is 1. The van der Waals surface area contributed by atoms with Gasteiger partial charge in [-0.25, -0.2) is 0 Å². The second-order valence-electron chi connectivity index (χ2n) is 7.24. The molecule has 1 atom stereocenters. The summed E-state index contributed by atoms with van der Waals surface area (Å²) in [5, 5.41) is 2.05. The third-order valence-electron chi connectivity index (χ3n) is 4.94. The Balaban J connectivity index is 1.82. The molecule has 3 rings (SSSR count). The van der Waals surface area contributed by atoms with Crippen LogP contribution in [0.2, 0.25) is 0 Å². The average molecular weight is 400 g/mol. The van der Waals surface area contributed by atoms with E-state index in [0.717, 1.165) is 43.6 Å². The molecule has 0 bridgehead atoms. The van der Waals surface area contributed by atoms with Gasteiger partial charge in [-0.2, -0.15) is 0 Å². The van der Waals surface area contributed by atoms with E-state index >= 15 is 0 Å². The molecule has 0 spiro atoms. The predicted molar refractivity (Wildman–Crippen MR) is 114 cm³/mol. The lowest BCUT2D eigenvalue weighted by Gasteiger charge is -2.28. The summed E-state index contributed by atoms with van der Waals surface area (Å²) in [6, 6.07) is 14.6. The summed E-state index contributed by atoms with van der Waals surface area (Å²) in [6.07, 6.45) is 3.23. The van der Waals surface area contributed by atoms with Crippen molar-refractivity contribution < 1.29 is 9.59 Å². The molecule has 0 saturated carbocycles. The molecule has 28 heavy (non-hydrogen) atoms. The Morgan fingerprint density at radius 2 is 1.71 bits per heavy atom. The Kier molecular flexibility index (Phi) is 6.57. The van der Waals surface area contributed by atoms with Gasteiger partial charge in [0.1, 0.15) is 5.38 Å². The van der Waals surface area contributed by atoms with E-state index in [4.69, 9.17) is 11.6 Å². The molecule has 0 unspecified atom stereocenters. The van der Waals surface area contributed by atoms with Gasteiger partial charge in [0, 0.05) is 38.6 Å². The van der Waals surface area contributed by atoms with Gasteiger partial charge < -0.3 is 15.1 Å². The molecule has 5 nitrogen and oxygen atoms in total. The van der Waals surface area contributed by atoms with E-state index in [1.807, 2.05) is 60.3 Å². The van der Waals surface area contributed by atoms with Gasteiger partial charge in [0.25, 0.3) is 5.91 Å². The number of nitrogens with zero attached hydrogens (tertiary/aromatic N) is 2. The average Bonchev–Trinajstić information content (AvgIpc) is 2.73. The number of nitrogens with one attached hydrogen (secondary N) is 1. The number of carbonyl (C=O) groups is 2. The first kappa shape index (κ1) is 20.2. The molecule has 1 N–H and O–H groups in total. The van der Waals surface area contributed by atoms with Gasteiger partial charge in [0.15, 0.2) is 0 Å². The van der Waals surface area contributed by atoms with Crippen LogP contribution >= 0.6 is 11.6 Å². The van der Waals surface area contributed by atoms with E-state index in [9.17, 15) is 9.59 Å². The van der Waals surface area contributed by atoms with Crippen LogP contribution in [0.1, 0.15) is 40.6 Å². The van der Waals surface area contributed by atoms with Crippen molar-refractivity contribution in [2.24, 2.45) is 0 Å². The zero-order chi connectivity index (χ0) is 20.1. The molecule has 6 heteroatoms. The van der Waals surface area contributed by atoms with Gasteiger partial charge in [0.05, 0.1) is 5.56 Å². The molecule has 1 aliphatic rings. The maximum Gasteiger partial charge on any atom is 0.256 e. The number of halogens is 1. The number of anilines is 2. The van der Waals surface area contributed by atoms with Crippen molar-refractivity contribution >= 4 is 34.8 Å². The van der Waals surface area contributed by atoms with E-state index < -0.39 is 5.38 Å². The molecular weight excluding hydrogens is 374 g/mol. The monoisotopic (exact) mass is 399 g/mol. The minimum atomic E-state index is -0.795. The molecule has 1 saturated heterocycles. The highest BCUT2D eigenvalue weighted by Gasteiger charge is 2.23. The van der Waals surface area contributed by atoms with Crippen molar-refractivity contribution in [2.45, 2.75) is 24.6 Å². The zero-order valence-corrected chi connectivity index (χ0v) is 17.1. The summed E-state index contributed by atoms with van der Waals surface area (Å²) < 4.78 is 0. The lowest BCUT2D eigenvalue weighted by molar-refractivity contribution is -0.116. The number of hydrogen-bond acceptors (Lipinski definition) is 3. The Hall–Kier alpha value is -2.53. The molecule has 0 aromatic heterocycles. The number of benzene rings is 2. The smallest absolute Gasteiger partial charge is 0.256 e. The highest BCUT2D eigenvalue weighted by atomic mass is 35.5. The fourth-order valence-corrected chi connectivity index (χ4v) is 3.62. The van der Waals surface area contributed by atoms with Crippen molar-refractivity contribution in [3.63, 3.8) is 0 Å². The van der Waals surface area contributed by atoms with Crippen LogP contribution in [-0.4, -0.2) is 43.9 Å². The summed E-state index contributed by atoms with van der Waals surface area (Å²) in [6.45, 7) is 1.56. The molecule has 1 aliphatic heterocycles. The predicted octanol–water partition coefficient (Wildman–Crippen LogP) is 4.30.